The molecule has 4 unspecified atom stereocenters. The third kappa shape index (κ3) is 48.1. The molecule has 4 atom stereocenters. The monoisotopic (exact) mass is 1090 g/mol. The Morgan fingerprint density at radius 2 is 0.829 bits per heavy atom. The molecule has 0 bridgehead atoms. The number of aliphatic hydroxyl groups excluding tert-OH is 1. The van der Waals surface area contributed by atoms with Gasteiger partial charge in [-0.05, 0) is 76.5 Å². The number of esters is 1. The molecule has 452 valence electrons. The van der Waals surface area contributed by atoms with Crippen LogP contribution in [0.2, 0.25) is 0 Å². The third-order valence-electron chi connectivity index (χ3n) is 14.7. The molecule has 0 saturated heterocycles. The van der Waals surface area contributed by atoms with E-state index >= 15 is 0 Å². The molecule has 0 aliphatic rings. The molecule has 0 rings (SSSR count). The second-order valence-electron chi connectivity index (χ2n) is 21.6. The van der Waals surface area contributed by atoms with E-state index in [-0.39, 0.29) is 43.0 Å². The number of hydrogen-bond acceptors (Lipinski definition) is 11. The molecule has 0 aromatic heterocycles. The van der Waals surface area contributed by atoms with Crippen LogP contribution in [0.15, 0.2) is 0 Å². The van der Waals surface area contributed by atoms with Gasteiger partial charge in [0.1, 0.15) is 6.10 Å². The van der Waals surface area contributed by atoms with Crippen LogP contribution in [0.25, 0.3) is 0 Å². The zero-order valence-corrected chi connectivity index (χ0v) is 50.3. The van der Waals surface area contributed by atoms with Crippen LogP contribution < -0.4 is 0 Å². The topological polar surface area (TPSA) is 160 Å². The summed E-state index contributed by atoms with van der Waals surface area (Å²) in [5.41, 5.74) is 0. The molecule has 0 aliphatic heterocycles. The largest absolute Gasteiger partial charge is 0.481 e. The number of aliphatic carboxylic acids is 1. The lowest BCUT2D eigenvalue weighted by atomic mass is 9.81. The standard InChI is InChI=1S/C63H123NO12/c1-6-11-16-21-24-29-38-57(37-28-19-14-9-4)59(63(68)69)41-33-36-46-74-56-60(75-47-35-27-32-42-61(66)76-58(39-30-20-15-10-5)40-31-25-22-17-12-7-2)62(67)64(43-34-26-23-18-13-8-3)44-48-70-50-52-72-54-55-73-53-51-71-49-45-65/h57-60,65H,6-56H2,1-5H3,(H,68,69). The van der Waals surface area contributed by atoms with Gasteiger partial charge in [0.15, 0.2) is 6.10 Å². The summed E-state index contributed by atoms with van der Waals surface area (Å²) in [5, 5.41) is 19.3. The fourth-order valence-corrected chi connectivity index (χ4v) is 9.93. The van der Waals surface area contributed by atoms with Crippen molar-refractivity contribution >= 4 is 17.8 Å². The van der Waals surface area contributed by atoms with Gasteiger partial charge < -0.3 is 48.3 Å². The molecular weight excluding hydrogens is 963 g/mol. The Morgan fingerprint density at radius 1 is 0.408 bits per heavy atom. The second-order valence-corrected chi connectivity index (χ2v) is 21.6. The molecule has 0 aromatic rings. The van der Waals surface area contributed by atoms with E-state index < -0.39 is 12.1 Å². The zero-order chi connectivity index (χ0) is 55.6. The molecule has 0 spiro atoms. The van der Waals surface area contributed by atoms with Gasteiger partial charge in [0.05, 0.1) is 72.0 Å². The summed E-state index contributed by atoms with van der Waals surface area (Å²) in [5.74, 6) is -1.00. The third-order valence-corrected chi connectivity index (χ3v) is 14.7. The first-order valence-corrected chi connectivity index (χ1v) is 32.1. The second kappa shape index (κ2) is 59.3. The van der Waals surface area contributed by atoms with Gasteiger partial charge in [0.25, 0.3) is 5.91 Å². The number of carbonyl (C=O) groups is 3. The number of amides is 1. The van der Waals surface area contributed by atoms with Crippen molar-refractivity contribution in [2.75, 3.05) is 92.4 Å². The molecule has 0 heterocycles. The molecule has 0 fully saturated rings. The highest BCUT2D eigenvalue weighted by atomic mass is 16.6. The van der Waals surface area contributed by atoms with E-state index in [1.807, 2.05) is 4.90 Å². The number of nitrogens with zero attached hydrogens (tertiary/aromatic N) is 1. The number of rotatable bonds is 63. The average molecular weight is 1090 g/mol. The highest BCUT2D eigenvalue weighted by Gasteiger charge is 2.28. The normalized spacial score (nSPS) is 13.2. The number of ether oxygens (including phenoxy) is 7. The van der Waals surface area contributed by atoms with Crippen LogP contribution in [0.4, 0.5) is 0 Å². The van der Waals surface area contributed by atoms with E-state index in [0.717, 1.165) is 89.9 Å². The number of aliphatic hydroxyl groups is 1. The lowest BCUT2D eigenvalue weighted by molar-refractivity contribution is -0.150. The SMILES string of the molecule is CCCCCCCCC(CCCCCC)OC(=O)CCCCCOC(COCCCCC(C(=O)O)C(CCCCCC)CCCCCCCC)C(=O)N(CCCCCCCC)CCOCCOCCOCCOCCO. The smallest absolute Gasteiger partial charge is 0.306 e. The quantitative estimate of drug-likeness (QED) is 0.0439. The highest BCUT2D eigenvalue weighted by molar-refractivity contribution is 5.81. The molecule has 0 aromatic carbocycles. The fraction of sp³-hybridized carbons (Fsp3) is 0.952. The lowest BCUT2D eigenvalue weighted by Crippen LogP contribution is -2.45. The van der Waals surface area contributed by atoms with Crippen molar-refractivity contribution in [1.82, 2.24) is 4.90 Å². The maximum atomic E-state index is 14.4. The van der Waals surface area contributed by atoms with E-state index in [0.29, 0.717) is 105 Å². The summed E-state index contributed by atoms with van der Waals surface area (Å²) in [6.07, 6.45) is 38.5. The Bertz CT molecular complexity index is 1230. The van der Waals surface area contributed by atoms with Gasteiger partial charge in [0.2, 0.25) is 0 Å². The Balaban J connectivity index is 5.67. The molecule has 76 heavy (non-hydrogen) atoms. The number of carboxylic acids is 1. The van der Waals surface area contributed by atoms with Crippen LogP contribution in [0, 0.1) is 11.8 Å². The minimum atomic E-state index is -0.783. The Labute approximate surface area is 467 Å². The summed E-state index contributed by atoms with van der Waals surface area (Å²) < 4.78 is 41.1. The number of carbonyl (C=O) groups excluding carboxylic acids is 2. The van der Waals surface area contributed by atoms with E-state index in [9.17, 15) is 19.5 Å². The molecule has 13 nitrogen and oxygen atoms in total. The van der Waals surface area contributed by atoms with Crippen molar-refractivity contribution < 1.29 is 57.8 Å². The minimum Gasteiger partial charge on any atom is -0.481 e. The van der Waals surface area contributed by atoms with Crippen molar-refractivity contribution in [3.05, 3.63) is 0 Å². The summed E-state index contributed by atoms with van der Waals surface area (Å²) >= 11 is 0. The maximum absolute atomic E-state index is 14.4. The molecule has 2 N–H and O–H groups in total. The van der Waals surface area contributed by atoms with Gasteiger partial charge in [-0.3, -0.25) is 14.4 Å². The summed E-state index contributed by atoms with van der Waals surface area (Å²) in [6.45, 7) is 16.4. The van der Waals surface area contributed by atoms with Gasteiger partial charge in [-0.1, -0.05) is 195 Å². The number of unbranched alkanes of at least 4 members (excludes halogenated alkanes) is 24. The van der Waals surface area contributed by atoms with E-state index in [2.05, 4.69) is 34.6 Å². The van der Waals surface area contributed by atoms with Crippen molar-refractivity contribution in [3.63, 3.8) is 0 Å². The van der Waals surface area contributed by atoms with Gasteiger partial charge in [0, 0.05) is 32.7 Å². The first kappa shape index (κ1) is 74.1. The highest BCUT2D eigenvalue weighted by Crippen LogP contribution is 2.30. The number of carboxylic acid groups (broad SMARTS) is 1. The lowest BCUT2D eigenvalue weighted by Gasteiger charge is -2.28. The van der Waals surface area contributed by atoms with Crippen LogP contribution in [-0.2, 0) is 47.5 Å². The van der Waals surface area contributed by atoms with Gasteiger partial charge in [-0.15, -0.1) is 0 Å². The van der Waals surface area contributed by atoms with Gasteiger partial charge in [-0.2, -0.15) is 0 Å². The van der Waals surface area contributed by atoms with Crippen LogP contribution in [0.3, 0.4) is 0 Å². The van der Waals surface area contributed by atoms with E-state index in [4.69, 9.17) is 38.3 Å². The van der Waals surface area contributed by atoms with Gasteiger partial charge in [-0.25, -0.2) is 0 Å². The van der Waals surface area contributed by atoms with Crippen molar-refractivity contribution in [3.8, 4) is 0 Å². The van der Waals surface area contributed by atoms with Crippen molar-refractivity contribution in [2.24, 2.45) is 11.8 Å². The predicted molar refractivity (Wildman–Crippen MR) is 311 cm³/mol. The first-order valence-electron chi connectivity index (χ1n) is 32.1. The van der Waals surface area contributed by atoms with Crippen LogP contribution in [0.1, 0.15) is 272 Å². The van der Waals surface area contributed by atoms with Crippen LogP contribution in [0.5, 0.6) is 0 Å². The Kier molecular flexibility index (Phi) is 57.8. The van der Waals surface area contributed by atoms with Crippen molar-refractivity contribution in [1.29, 1.82) is 0 Å². The summed E-state index contributed by atoms with van der Waals surface area (Å²) in [4.78, 5) is 42.1. The Morgan fingerprint density at radius 3 is 1.34 bits per heavy atom. The Hall–Kier alpha value is -1.87. The zero-order valence-electron chi connectivity index (χ0n) is 50.3. The summed E-state index contributed by atoms with van der Waals surface area (Å²) in [6, 6.07) is 0. The van der Waals surface area contributed by atoms with Crippen molar-refractivity contribution in [2.45, 2.75) is 284 Å². The number of hydrogen-bond donors (Lipinski definition) is 2. The van der Waals surface area contributed by atoms with Gasteiger partial charge >= 0.3 is 11.9 Å². The fourth-order valence-electron chi connectivity index (χ4n) is 9.93. The maximum Gasteiger partial charge on any atom is 0.306 e. The van der Waals surface area contributed by atoms with E-state index in [1.165, 1.54) is 122 Å². The molecular formula is C63H123NO12. The summed E-state index contributed by atoms with van der Waals surface area (Å²) in [7, 11) is 0. The first-order chi connectivity index (χ1) is 37.3. The molecule has 0 saturated carbocycles. The predicted octanol–water partition coefficient (Wildman–Crippen LogP) is 15.0. The molecule has 13 heteroatoms. The van der Waals surface area contributed by atoms with Crippen LogP contribution >= 0.6 is 0 Å². The molecule has 0 aliphatic carbocycles. The average Bonchev–Trinajstić information content (AvgIpc) is 3.41. The molecule has 0 radical (unpaired) electrons. The minimum absolute atomic E-state index is 0.00379. The molecule has 1 amide bonds. The van der Waals surface area contributed by atoms with Crippen LogP contribution in [-0.4, -0.2) is 138 Å². The van der Waals surface area contributed by atoms with E-state index in [1.54, 1.807) is 0 Å².